The van der Waals surface area contributed by atoms with Crippen molar-refractivity contribution in [2.75, 3.05) is 0 Å². The van der Waals surface area contributed by atoms with Crippen LogP contribution in [-0.4, -0.2) is 16.0 Å². The van der Waals surface area contributed by atoms with Crippen molar-refractivity contribution >= 4 is 17.2 Å². The number of carbonyl (C=O) groups is 1. The van der Waals surface area contributed by atoms with E-state index in [1.54, 1.807) is 12.1 Å². The van der Waals surface area contributed by atoms with Gasteiger partial charge in [-0.05, 0) is 38.1 Å². The van der Waals surface area contributed by atoms with Gasteiger partial charge in [-0.2, -0.15) is 0 Å². The molecule has 0 atom stereocenters. The van der Waals surface area contributed by atoms with E-state index < -0.39 is 0 Å². The Bertz CT molecular complexity index is 526. The quantitative estimate of drug-likeness (QED) is 0.803. The summed E-state index contributed by atoms with van der Waals surface area (Å²) in [6, 6.07) is 7.55. The summed E-state index contributed by atoms with van der Waals surface area (Å²) < 4.78 is 2.13. The number of hydrogen-bond acceptors (Lipinski definition) is 2. The van der Waals surface area contributed by atoms with Crippen molar-refractivity contribution in [3.8, 4) is 5.75 Å². The Balaban J connectivity index is 2.70. The molecule has 1 aromatic heterocycles. The Labute approximate surface area is 94.3 Å². The van der Waals surface area contributed by atoms with Gasteiger partial charge in [-0.1, -0.05) is 0 Å². The summed E-state index contributed by atoms with van der Waals surface area (Å²) in [5, 5.41) is 10.4. The van der Waals surface area contributed by atoms with Crippen LogP contribution in [0.4, 0.5) is 0 Å². The van der Waals surface area contributed by atoms with Gasteiger partial charge >= 0.3 is 0 Å². The van der Waals surface area contributed by atoms with Crippen LogP contribution in [0.25, 0.3) is 10.9 Å². The van der Waals surface area contributed by atoms with Crippen LogP contribution in [0, 0.1) is 0 Å². The third-order valence-corrected chi connectivity index (χ3v) is 2.71. The molecule has 0 unspecified atom stereocenters. The van der Waals surface area contributed by atoms with Gasteiger partial charge < -0.3 is 14.5 Å². The number of aromatic hydroxyl groups is 1. The zero-order valence-corrected chi connectivity index (χ0v) is 9.47. The van der Waals surface area contributed by atoms with E-state index in [0.29, 0.717) is 12.5 Å². The zero-order chi connectivity index (χ0) is 11.7. The van der Waals surface area contributed by atoms with Crippen molar-refractivity contribution in [3.05, 3.63) is 30.0 Å². The first kappa shape index (κ1) is 10.7. The summed E-state index contributed by atoms with van der Waals surface area (Å²) in [6.45, 7) is 4.17. The lowest BCUT2D eigenvalue weighted by Gasteiger charge is -2.13. The number of hydrogen-bond donors (Lipinski definition) is 1. The number of fused-ring (bicyclic) bond motifs is 1. The van der Waals surface area contributed by atoms with Crippen LogP contribution in [0.1, 0.15) is 25.6 Å². The third kappa shape index (κ3) is 1.69. The lowest BCUT2D eigenvalue weighted by molar-refractivity contribution is -0.107. The minimum atomic E-state index is 0.256. The molecule has 1 heterocycles. The molecule has 0 aliphatic carbocycles. The van der Waals surface area contributed by atoms with Gasteiger partial charge in [0.2, 0.25) is 0 Å². The van der Waals surface area contributed by atoms with E-state index in [4.69, 9.17) is 0 Å². The smallest absolute Gasteiger partial charge is 0.125 e. The first-order valence-corrected chi connectivity index (χ1v) is 5.40. The highest BCUT2D eigenvalue weighted by molar-refractivity contribution is 5.83. The standard InChI is InChI=1S/C13H15NO2/c1-9(2)14-11(5-6-15)7-10-8-12(16)3-4-13(10)14/h3-4,6-9,16H,5H2,1-2H3. The van der Waals surface area contributed by atoms with Gasteiger partial charge in [0.1, 0.15) is 12.0 Å². The number of aldehydes is 1. The topological polar surface area (TPSA) is 42.2 Å². The molecular formula is C13H15NO2. The second-order valence-corrected chi connectivity index (χ2v) is 4.21. The molecule has 1 aromatic carbocycles. The molecular weight excluding hydrogens is 202 g/mol. The Morgan fingerprint density at radius 1 is 1.38 bits per heavy atom. The molecule has 3 heteroatoms. The molecule has 2 rings (SSSR count). The van der Waals surface area contributed by atoms with Crippen molar-refractivity contribution in [2.24, 2.45) is 0 Å². The van der Waals surface area contributed by atoms with E-state index in [2.05, 4.69) is 18.4 Å². The summed E-state index contributed by atoms with van der Waals surface area (Å²) in [6.07, 6.45) is 1.32. The average Bonchev–Trinajstić information content (AvgIpc) is 2.55. The van der Waals surface area contributed by atoms with Crippen molar-refractivity contribution in [1.82, 2.24) is 4.57 Å². The molecule has 0 spiro atoms. The Kier molecular flexibility index (Phi) is 2.69. The predicted octanol–water partition coefficient (Wildman–Crippen LogP) is 2.67. The van der Waals surface area contributed by atoms with Crippen LogP contribution in [0.2, 0.25) is 0 Å². The monoisotopic (exact) mass is 217 g/mol. The Morgan fingerprint density at radius 3 is 2.75 bits per heavy atom. The van der Waals surface area contributed by atoms with Gasteiger partial charge in [0.15, 0.2) is 0 Å². The normalized spacial score (nSPS) is 11.2. The molecule has 0 saturated heterocycles. The van der Waals surface area contributed by atoms with Crippen LogP contribution in [-0.2, 0) is 11.2 Å². The molecule has 0 bridgehead atoms. The van der Waals surface area contributed by atoms with Gasteiger partial charge in [0.05, 0.1) is 0 Å². The molecule has 16 heavy (non-hydrogen) atoms. The fourth-order valence-corrected chi connectivity index (χ4v) is 2.13. The molecule has 0 radical (unpaired) electrons. The number of phenolic OH excluding ortho intramolecular Hbond substituents is 1. The number of rotatable bonds is 3. The fourth-order valence-electron chi connectivity index (χ4n) is 2.13. The molecule has 2 aromatic rings. The zero-order valence-electron chi connectivity index (χ0n) is 9.47. The Hall–Kier alpha value is -1.77. The van der Waals surface area contributed by atoms with Gasteiger partial charge in [0, 0.05) is 29.1 Å². The van der Waals surface area contributed by atoms with Crippen LogP contribution < -0.4 is 0 Å². The minimum absolute atomic E-state index is 0.256. The number of carbonyl (C=O) groups excluding carboxylic acids is 1. The summed E-state index contributed by atoms with van der Waals surface area (Å²) in [4.78, 5) is 10.6. The first-order valence-electron chi connectivity index (χ1n) is 5.40. The second kappa shape index (κ2) is 4.00. The van der Waals surface area contributed by atoms with E-state index in [1.807, 2.05) is 12.1 Å². The second-order valence-electron chi connectivity index (χ2n) is 4.21. The third-order valence-electron chi connectivity index (χ3n) is 2.71. The van der Waals surface area contributed by atoms with Crippen molar-refractivity contribution < 1.29 is 9.90 Å². The highest BCUT2D eigenvalue weighted by Gasteiger charge is 2.11. The number of aromatic nitrogens is 1. The molecule has 1 N–H and O–H groups in total. The maximum atomic E-state index is 10.6. The maximum Gasteiger partial charge on any atom is 0.125 e. The van der Waals surface area contributed by atoms with Crippen LogP contribution in [0.15, 0.2) is 24.3 Å². The van der Waals surface area contributed by atoms with Crippen LogP contribution in [0.5, 0.6) is 5.75 Å². The van der Waals surface area contributed by atoms with Gasteiger partial charge in [-0.15, -0.1) is 0 Å². The SMILES string of the molecule is CC(C)n1c(CC=O)cc2cc(O)ccc21. The summed E-state index contributed by atoms with van der Waals surface area (Å²) in [5.74, 6) is 0.256. The molecule has 0 saturated carbocycles. The van der Waals surface area contributed by atoms with Gasteiger partial charge in [-0.25, -0.2) is 0 Å². The Morgan fingerprint density at radius 2 is 2.12 bits per heavy atom. The van der Waals surface area contributed by atoms with Crippen LogP contribution >= 0.6 is 0 Å². The van der Waals surface area contributed by atoms with Crippen LogP contribution in [0.3, 0.4) is 0 Å². The summed E-state index contributed by atoms with van der Waals surface area (Å²) >= 11 is 0. The number of phenols is 1. The van der Waals surface area contributed by atoms with Crippen molar-refractivity contribution in [3.63, 3.8) is 0 Å². The molecule has 0 fully saturated rings. The summed E-state index contributed by atoms with van der Waals surface area (Å²) in [7, 11) is 0. The average molecular weight is 217 g/mol. The molecule has 0 aliphatic heterocycles. The summed E-state index contributed by atoms with van der Waals surface area (Å²) in [5.41, 5.74) is 2.05. The lowest BCUT2D eigenvalue weighted by atomic mass is 10.2. The van der Waals surface area contributed by atoms with E-state index in [-0.39, 0.29) is 5.75 Å². The highest BCUT2D eigenvalue weighted by atomic mass is 16.3. The predicted molar refractivity (Wildman–Crippen MR) is 63.8 cm³/mol. The number of benzene rings is 1. The van der Waals surface area contributed by atoms with Crippen molar-refractivity contribution in [2.45, 2.75) is 26.3 Å². The van der Waals surface area contributed by atoms with E-state index >= 15 is 0 Å². The van der Waals surface area contributed by atoms with E-state index in [1.165, 1.54) is 0 Å². The molecule has 84 valence electrons. The van der Waals surface area contributed by atoms with E-state index in [0.717, 1.165) is 22.9 Å². The maximum absolute atomic E-state index is 10.6. The van der Waals surface area contributed by atoms with E-state index in [9.17, 15) is 9.90 Å². The largest absolute Gasteiger partial charge is 0.508 e. The fraction of sp³-hybridized carbons (Fsp3) is 0.308. The van der Waals surface area contributed by atoms with Gasteiger partial charge in [0.25, 0.3) is 0 Å². The highest BCUT2D eigenvalue weighted by Crippen LogP contribution is 2.27. The molecule has 3 nitrogen and oxygen atoms in total. The molecule has 0 aliphatic rings. The first-order chi connectivity index (χ1) is 7.63. The minimum Gasteiger partial charge on any atom is -0.508 e. The van der Waals surface area contributed by atoms with Crippen molar-refractivity contribution in [1.29, 1.82) is 0 Å². The van der Waals surface area contributed by atoms with Gasteiger partial charge in [-0.3, -0.25) is 0 Å². The lowest BCUT2D eigenvalue weighted by Crippen LogP contribution is -2.05. The molecule has 0 amide bonds. The number of nitrogens with zero attached hydrogens (tertiary/aromatic N) is 1.